The number of nitrogens with one attached hydrogen (secondary N) is 2. The van der Waals surface area contributed by atoms with Crippen LogP contribution in [0.15, 0.2) is 24.3 Å². The number of benzene rings is 1. The molecule has 0 bridgehead atoms. The minimum absolute atomic E-state index is 0.172. The van der Waals surface area contributed by atoms with Crippen LogP contribution in [0.5, 0.6) is 0 Å². The molecule has 0 aliphatic carbocycles. The largest absolute Gasteiger partial charge is 0.389 e. The molecule has 1 heterocycles. The number of hydrogen-bond acceptors (Lipinski definition) is 3. The topological polar surface area (TPSA) is 74.3 Å². The van der Waals surface area contributed by atoms with Gasteiger partial charge in [-0.05, 0) is 30.5 Å². The van der Waals surface area contributed by atoms with Crippen LogP contribution in [0.3, 0.4) is 0 Å². The van der Waals surface area contributed by atoms with E-state index in [1.54, 1.807) is 0 Å². The maximum absolute atomic E-state index is 12.1. The minimum Gasteiger partial charge on any atom is -0.389 e. The van der Waals surface area contributed by atoms with Crippen molar-refractivity contribution in [1.29, 1.82) is 0 Å². The van der Waals surface area contributed by atoms with E-state index in [-0.39, 0.29) is 19.1 Å². The van der Waals surface area contributed by atoms with Crippen molar-refractivity contribution in [2.75, 3.05) is 19.8 Å². The van der Waals surface area contributed by atoms with Crippen LogP contribution in [0.2, 0.25) is 0 Å². The zero-order valence-electron chi connectivity index (χ0n) is 13.3. The Hall–Kier alpha value is -1.85. The van der Waals surface area contributed by atoms with E-state index in [0.29, 0.717) is 18.2 Å². The van der Waals surface area contributed by atoms with Crippen LogP contribution in [0.1, 0.15) is 29.9 Å². The van der Waals surface area contributed by atoms with Gasteiger partial charge < -0.3 is 20.1 Å². The molecule has 0 aliphatic rings. The molecule has 5 nitrogen and oxygen atoms in total. The Morgan fingerprint density at radius 3 is 2.82 bits per heavy atom. The first kappa shape index (κ1) is 16.5. The summed E-state index contributed by atoms with van der Waals surface area (Å²) in [5.41, 5.74) is 2.57. The molecule has 2 rings (SSSR count). The van der Waals surface area contributed by atoms with E-state index < -0.39 is 6.10 Å². The van der Waals surface area contributed by atoms with Crippen molar-refractivity contribution in [2.45, 2.75) is 26.9 Å². The van der Waals surface area contributed by atoms with Crippen LogP contribution in [0.4, 0.5) is 0 Å². The highest BCUT2D eigenvalue weighted by atomic mass is 16.5. The summed E-state index contributed by atoms with van der Waals surface area (Å²) in [7, 11) is 0. The smallest absolute Gasteiger partial charge is 0.267 e. The lowest BCUT2D eigenvalue weighted by molar-refractivity contribution is 0.0259. The van der Waals surface area contributed by atoms with E-state index in [9.17, 15) is 9.90 Å². The van der Waals surface area contributed by atoms with E-state index >= 15 is 0 Å². The van der Waals surface area contributed by atoms with Crippen LogP contribution in [-0.4, -0.2) is 41.9 Å². The van der Waals surface area contributed by atoms with E-state index in [1.807, 2.05) is 45.0 Å². The third-order valence-electron chi connectivity index (χ3n) is 3.28. The van der Waals surface area contributed by atoms with Gasteiger partial charge in [-0.25, -0.2) is 0 Å². The number of aromatic nitrogens is 1. The first-order chi connectivity index (χ1) is 10.5. The van der Waals surface area contributed by atoms with Gasteiger partial charge in [0, 0.05) is 24.1 Å². The second kappa shape index (κ2) is 7.42. The molecule has 0 spiro atoms. The molecular weight excluding hydrogens is 280 g/mol. The maximum Gasteiger partial charge on any atom is 0.267 e. The summed E-state index contributed by atoms with van der Waals surface area (Å²) >= 11 is 0. The highest BCUT2D eigenvalue weighted by Crippen LogP contribution is 2.16. The highest BCUT2D eigenvalue weighted by Gasteiger charge is 2.12. The number of aromatic amines is 1. The van der Waals surface area contributed by atoms with E-state index in [1.165, 1.54) is 0 Å². The van der Waals surface area contributed by atoms with Gasteiger partial charge in [-0.3, -0.25) is 4.79 Å². The van der Waals surface area contributed by atoms with Crippen molar-refractivity contribution in [3.05, 3.63) is 35.5 Å². The highest BCUT2D eigenvalue weighted by molar-refractivity contribution is 5.98. The lowest BCUT2D eigenvalue weighted by atomic mass is 10.2. The van der Waals surface area contributed by atoms with Crippen molar-refractivity contribution < 1.29 is 14.6 Å². The number of fused-ring (bicyclic) bond motifs is 1. The van der Waals surface area contributed by atoms with E-state index in [0.717, 1.165) is 16.5 Å². The van der Waals surface area contributed by atoms with Crippen LogP contribution in [0.25, 0.3) is 10.9 Å². The molecule has 120 valence electrons. The fourth-order valence-corrected chi connectivity index (χ4v) is 2.17. The quantitative estimate of drug-likeness (QED) is 0.734. The zero-order valence-corrected chi connectivity index (χ0v) is 13.3. The number of amides is 1. The molecule has 3 N–H and O–H groups in total. The Morgan fingerprint density at radius 2 is 2.09 bits per heavy atom. The zero-order chi connectivity index (χ0) is 16.1. The Labute approximate surface area is 130 Å². The number of H-pyrrole nitrogens is 1. The van der Waals surface area contributed by atoms with Gasteiger partial charge in [0.1, 0.15) is 5.69 Å². The lowest BCUT2D eigenvalue weighted by Gasteiger charge is -2.13. The predicted molar refractivity (Wildman–Crippen MR) is 87.0 cm³/mol. The summed E-state index contributed by atoms with van der Waals surface area (Å²) in [5, 5.41) is 13.5. The van der Waals surface area contributed by atoms with Crippen molar-refractivity contribution in [2.24, 2.45) is 5.92 Å². The summed E-state index contributed by atoms with van der Waals surface area (Å²) in [5.74, 6) is 0.202. The first-order valence-corrected chi connectivity index (χ1v) is 7.59. The van der Waals surface area contributed by atoms with Gasteiger partial charge in [0.2, 0.25) is 0 Å². The van der Waals surface area contributed by atoms with Crippen LogP contribution < -0.4 is 5.32 Å². The second-order valence-electron chi connectivity index (χ2n) is 6.07. The second-order valence-corrected chi connectivity index (χ2v) is 6.07. The molecule has 22 heavy (non-hydrogen) atoms. The van der Waals surface area contributed by atoms with E-state index in [4.69, 9.17) is 4.74 Å². The van der Waals surface area contributed by atoms with Crippen LogP contribution in [0, 0.1) is 12.8 Å². The van der Waals surface area contributed by atoms with Crippen LogP contribution in [-0.2, 0) is 4.74 Å². The number of rotatable bonds is 7. The van der Waals surface area contributed by atoms with Crippen LogP contribution >= 0.6 is 0 Å². The summed E-state index contributed by atoms with van der Waals surface area (Å²) in [4.78, 5) is 15.2. The molecule has 5 heteroatoms. The summed E-state index contributed by atoms with van der Waals surface area (Å²) in [6.45, 7) is 7.10. The fraction of sp³-hybridized carbons (Fsp3) is 0.471. The average molecular weight is 304 g/mol. The summed E-state index contributed by atoms with van der Waals surface area (Å²) in [6.07, 6.45) is -0.700. The molecular formula is C17H24N2O3. The number of ether oxygens (including phenoxy) is 1. The summed E-state index contributed by atoms with van der Waals surface area (Å²) < 4.78 is 5.35. The van der Waals surface area contributed by atoms with E-state index in [2.05, 4.69) is 10.3 Å². The minimum atomic E-state index is -0.700. The van der Waals surface area contributed by atoms with Crippen molar-refractivity contribution in [1.82, 2.24) is 10.3 Å². The maximum atomic E-state index is 12.1. The third-order valence-corrected chi connectivity index (χ3v) is 3.28. The molecule has 1 amide bonds. The molecule has 0 aliphatic heterocycles. The Kier molecular flexibility index (Phi) is 5.57. The number of aliphatic hydroxyl groups is 1. The van der Waals surface area contributed by atoms with Gasteiger partial charge >= 0.3 is 0 Å². The van der Waals surface area contributed by atoms with Gasteiger partial charge in [0.15, 0.2) is 0 Å². The Balaban J connectivity index is 1.85. The molecule has 1 aromatic heterocycles. The van der Waals surface area contributed by atoms with Gasteiger partial charge in [-0.2, -0.15) is 0 Å². The first-order valence-electron chi connectivity index (χ1n) is 7.59. The summed E-state index contributed by atoms with van der Waals surface area (Å²) in [6, 6.07) is 7.80. The Morgan fingerprint density at radius 1 is 1.32 bits per heavy atom. The molecule has 0 saturated heterocycles. The lowest BCUT2D eigenvalue weighted by Crippen LogP contribution is -2.35. The Bertz CT molecular complexity index is 634. The molecule has 1 aromatic carbocycles. The number of carbonyl (C=O) groups is 1. The molecule has 0 saturated carbocycles. The standard InChI is InChI=1S/C17H24N2O3/c1-11(2)9-22-10-14(20)8-18-17(21)16-7-13-5-4-12(3)6-15(13)19-16/h4-7,11,14,19-20H,8-10H2,1-3H3,(H,18,21). The molecule has 2 aromatic rings. The average Bonchev–Trinajstić information content (AvgIpc) is 2.87. The van der Waals surface area contributed by atoms with Crippen molar-refractivity contribution >= 4 is 16.8 Å². The van der Waals surface area contributed by atoms with Gasteiger partial charge in [0.25, 0.3) is 5.91 Å². The van der Waals surface area contributed by atoms with Gasteiger partial charge in [-0.1, -0.05) is 26.0 Å². The molecule has 1 unspecified atom stereocenters. The number of carbonyl (C=O) groups excluding carboxylic acids is 1. The molecule has 1 atom stereocenters. The number of aliphatic hydroxyl groups excluding tert-OH is 1. The predicted octanol–water partition coefficient (Wildman–Crippen LogP) is 2.24. The number of hydrogen-bond donors (Lipinski definition) is 3. The number of aryl methyl sites for hydroxylation is 1. The van der Waals surface area contributed by atoms with Crippen molar-refractivity contribution in [3.8, 4) is 0 Å². The van der Waals surface area contributed by atoms with Gasteiger partial charge in [-0.15, -0.1) is 0 Å². The monoisotopic (exact) mass is 304 g/mol. The van der Waals surface area contributed by atoms with Crippen molar-refractivity contribution in [3.63, 3.8) is 0 Å². The molecule has 0 fully saturated rings. The fourth-order valence-electron chi connectivity index (χ4n) is 2.17. The molecule has 0 radical (unpaired) electrons. The van der Waals surface area contributed by atoms with Gasteiger partial charge in [0.05, 0.1) is 12.7 Å². The normalized spacial score (nSPS) is 12.8. The third kappa shape index (κ3) is 4.58. The SMILES string of the molecule is Cc1ccc2cc(C(=O)NCC(O)COCC(C)C)[nH]c2c1.